The summed E-state index contributed by atoms with van der Waals surface area (Å²) in [5, 5.41) is 12.1. The van der Waals surface area contributed by atoms with Crippen molar-refractivity contribution < 1.29 is 14.3 Å². The Labute approximate surface area is 167 Å². The highest BCUT2D eigenvalue weighted by atomic mass is 79.9. The molecular weight excluding hydrogens is 408 g/mol. The van der Waals surface area contributed by atoms with Gasteiger partial charge < -0.3 is 14.8 Å². The van der Waals surface area contributed by atoms with Crippen molar-refractivity contribution in [1.29, 1.82) is 5.26 Å². The van der Waals surface area contributed by atoms with E-state index in [9.17, 15) is 10.1 Å². The maximum absolute atomic E-state index is 12.4. The number of anilines is 1. The molecule has 0 unspecified atom stereocenters. The summed E-state index contributed by atoms with van der Waals surface area (Å²) in [6.07, 6.45) is 2.42. The first-order chi connectivity index (χ1) is 13.1. The van der Waals surface area contributed by atoms with E-state index >= 15 is 0 Å². The molecule has 2 aromatic rings. The lowest BCUT2D eigenvalue weighted by atomic mass is 10.1. The maximum Gasteiger partial charge on any atom is 0.266 e. The summed E-state index contributed by atoms with van der Waals surface area (Å²) in [6, 6.07) is 14.4. The zero-order chi connectivity index (χ0) is 19.6. The molecule has 1 amide bonds. The number of halogens is 1. The van der Waals surface area contributed by atoms with Crippen LogP contribution in [-0.4, -0.2) is 19.1 Å². The fourth-order valence-corrected chi connectivity index (χ4v) is 2.53. The van der Waals surface area contributed by atoms with Crippen molar-refractivity contribution in [2.75, 3.05) is 18.5 Å². The minimum absolute atomic E-state index is 0.00240. The minimum atomic E-state index is -0.468. The van der Waals surface area contributed by atoms with Gasteiger partial charge >= 0.3 is 0 Å². The summed E-state index contributed by atoms with van der Waals surface area (Å²) in [5.74, 6) is 0.767. The third-order valence-corrected chi connectivity index (χ3v) is 4.04. The van der Waals surface area contributed by atoms with Crippen molar-refractivity contribution in [2.45, 2.75) is 20.3 Å². The van der Waals surface area contributed by atoms with Crippen LogP contribution in [0.1, 0.15) is 25.8 Å². The maximum atomic E-state index is 12.4. The fraction of sp³-hybridized carbons (Fsp3) is 0.238. The molecule has 6 heteroatoms. The third-order valence-electron chi connectivity index (χ3n) is 3.51. The summed E-state index contributed by atoms with van der Waals surface area (Å²) >= 11 is 3.34. The van der Waals surface area contributed by atoms with E-state index in [4.69, 9.17) is 9.47 Å². The summed E-state index contributed by atoms with van der Waals surface area (Å²) < 4.78 is 12.2. The van der Waals surface area contributed by atoms with Gasteiger partial charge in [0, 0.05) is 10.2 Å². The van der Waals surface area contributed by atoms with Crippen LogP contribution in [-0.2, 0) is 4.79 Å². The quantitative estimate of drug-likeness (QED) is 0.464. The van der Waals surface area contributed by atoms with Crippen molar-refractivity contribution in [3.8, 4) is 17.6 Å². The van der Waals surface area contributed by atoms with Crippen molar-refractivity contribution in [3.63, 3.8) is 0 Å². The summed E-state index contributed by atoms with van der Waals surface area (Å²) in [4.78, 5) is 12.4. The van der Waals surface area contributed by atoms with E-state index in [1.807, 2.05) is 32.0 Å². The first-order valence-corrected chi connectivity index (χ1v) is 9.45. The second kappa shape index (κ2) is 10.4. The molecule has 0 saturated carbocycles. The Morgan fingerprint density at radius 2 is 1.89 bits per heavy atom. The van der Waals surface area contributed by atoms with Gasteiger partial charge in [-0.05, 0) is 61.4 Å². The third kappa shape index (κ3) is 6.15. The predicted molar refractivity (Wildman–Crippen MR) is 110 cm³/mol. The van der Waals surface area contributed by atoms with Gasteiger partial charge in [-0.3, -0.25) is 4.79 Å². The van der Waals surface area contributed by atoms with Gasteiger partial charge in [0.1, 0.15) is 11.6 Å². The zero-order valence-corrected chi connectivity index (χ0v) is 16.9. The first kappa shape index (κ1) is 20.5. The Morgan fingerprint density at radius 3 is 2.52 bits per heavy atom. The van der Waals surface area contributed by atoms with Gasteiger partial charge in [0.2, 0.25) is 0 Å². The molecule has 2 aromatic carbocycles. The zero-order valence-electron chi connectivity index (χ0n) is 15.3. The van der Waals surface area contributed by atoms with Crippen molar-refractivity contribution in [3.05, 3.63) is 58.1 Å². The Hall–Kier alpha value is -2.78. The number of nitrogens with zero attached hydrogens (tertiary/aromatic N) is 1. The van der Waals surface area contributed by atoms with Gasteiger partial charge in [0.05, 0.1) is 13.2 Å². The lowest BCUT2D eigenvalue weighted by Crippen LogP contribution is -2.13. The minimum Gasteiger partial charge on any atom is -0.490 e. The molecule has 0 heterocycles. The molecule has 140 valence electrons. The van der Waals surface area contributed by atoms with E-state index < -0.39 is 5.91 Å². The van der Waals surface area contributed by atoms with Crippen LogP contribution in [0.5, 0.6) is 11.5 Å². The predicted octanol–water partition coefficient (Wildman–Crippen LogP) is 5.18. The molecule has 0 fully saturated rings. The number of amides is 1. The lowest BCUT2D eigenvalue weighted by Gasteiger charge is -2.12. The number of carbonyl (C=O) groups is 1. The Kier molecular flexibility index (Phi) is 7.90. The number of rotatable bonds is 8. The van der Waals surface area contributed by atoms with Crippen LogP contribution in [0.3, 0.4) is 0 Å². The van der Waals surface area contributed by atoms with E-state index in [0.717, 1.165) is 10.9 Å². The molecule has 0 radical (unpaired) electrons. The first-order valence-electron chi connectivity index (χ1n) is 8.65. The highest BCUT2D eigenvalue weighted by Crippen LogP contribution is 2.29. The molecule has 0 aliphatic carbocycles. The molecule has 0 aliphatic heterocycles. The van der Waals surface area contributed by atoms with E-state index in [-0.39, 0.29) is 5.57 Å². The molecule has 1 N–H and O–H groups in total. The smallest absolute Gasteiger partial charge is 0.266 e. The molecule has 27 heavy (non-hydrogen) atoms. The molecule has 0 bridgehead atoms. The molecule has 0 atom stereocenters. The van der Waals surface area contributed by atoms with Gasteiger partial charge in [-0.15, -0.1) is 0 Å². The Morgan fingerprint density at radius 1 is 1.15 bits per heavy atom. The van der Waals surface area contributed by atoms with Crippen LogP contribution in [0.25, 0.3) is 6.08 Å². The van der Waals surface area contributed by atoms with Crippen molar-refractivity contribution >= 4 is 33.6 Å². The Balaban J connectivity index is 2.22. The standard InChI is InChI=1S/C21H21BrN2O3/c1-3-11-27-19-10-5-15(13-20(19)26-4-2)12-16(14-23)21(25)24-18-8-6-17(22)7-9-18/h5-10,12-13H,3-4,11H2,1-2H3,(H,24,25)/b16-12+. The van der Waals surface area contributed by atoms with Gasteiger partial charge in [-0.2, -0.15) is 5.26 Å². The largest absolute Gasteiger partial charge is 0.490 e. The molecule has 5 nitrogen and oxygen atoms in total. The number of hydrogen-bond donors (Lipinski definition) is 1. The highest BCUT2D eigenvalue weighted by Gasteiger charge is 2.11. The van der Waals surface area contributed by atoms with Gasteiger partial charge in [0.25, 0.3) is 5.91 Å². The second-order valence-electron chi connectivity index (χ2n) is 5.62. The van der Waals surface area contributed by atoms with Crippen LogP contribution < -0.4 is 14.8 Å². The average Bonchev–Trinajstić information content (AvgIpc) is 2.67. The molecular formula is C21H21BrN2O3. The summed E-state index contributed by atoms with van der Waals surface area (Å²) in [6.45, 7) is 5.00. The number of ether oxygens (including phenoxy) is 2. The highest BCUT2D eigenvalue weighted by molar-refractivity contribution is 9.10. The van der Waals surface area contributed by atoms with Crippen LogP contribution >= 0.6 is 15.9 Å². The van der Waals surface area contributed by atoms with Gasteiger partial charge in [0.15, 0.2) is 11.5 Å². The number of nitrogens with one attached hydrogen (secondary N) is 1. The summed E-state index contributed by atoms with van der Waals surface area (Å²) in [7, 11) is 0. The average molecular weight is 429 g/mol. The van der Waals surface area contributed by atoms with Crippen LogP contribution in [0.15, 0.2) is 52.5 Å². The molecule has 0 spiro atoms. The lowest BCUT2D eigenvalue weighted by molar-refractivity contribution is -0.112. The van der Waals surface area contributed by atoms with E-state index in [1.54, 1.807) is 30.3 Å². The van der Waals surface area contributed by atoms with Gasteiger partial charge in [-0.25, -0.2) is 0 Å². The fourth-order valence-electron chi connectivity index (χ4n) is 2.26. The van der Waals surface area contributed by atoms with Gasteiger partial charge in [-0.1, -0.05) is 28.9 Å². The molecule has 0 aromatic heterocycles. The number of hydrogen-bond acceptors (Lipinski definition) is 4. The van der Waals surface area contributed by atoms with Crippen LogP contribution in [0.2, 0.25) is 0 Å². The molecule has 0 aliphatic rings. The van der Waals surface area contributed by atoms with E-state index in [0.29, 0.717) is 36.0 Å². The Bertz CT molecular complexity index is 855. The van der Waals surface area contributed by atoms with E-state index in [2.05, 4.69) is 21.2 Å². The van der Waals surface area contributed by atoms with Crippen molar-refractivity contribution in [1.82, 2.24) is 0 Å². The normalized spacial score (nSPS) is 10.8. The van der Waals surface area contributed by atoms with E-state index in [1.165, 1.54) is 6.08 Å². The topological polar surface area (TPSA) is 71.3 Å². The monoisotopic (exact) mass is 428 g/mol. The summed E-state index contributed by atoms with van der Waals surface area (Å²) in [5.41, 5.74) is 1.30. The van der Waals surface area contributed by atoms with Crippen LogP contribution in [0, 0.1) is 11.3 Å². The molecule has 0 saturated heterocycles. The van der Waals surface area contributed by atoms with Crippen LogP contribution in [0.4, 0.5) is 5.69 Å². The molecule has 2 rings (SSSR count). The van der Waals surface area contributed by atoms with Crippen molar-refractivity contribution in [2.24, 2.45) is 0 Å². The number of carbonyl (C=O) groups excluding carboxylic acids is 1. The second-order valence-corrected chi connectivity index (χ2v) is 6.53. The number of nitriles is 1. The SMILES string of the molecule is CCCOc1ccc(/C=C(\C#N)C(=O)Nc2ccc(Br)cc2)cc1OCC. The number of benzene rings is 2.